The molecule has 1 aromatic heterocycles. The SMILES string of the molecule is COc1cc(OC)c(CN2CCCn3c4c(c5cc(C)ccc53)CCC[C@@H]42)cc1Br. The zero-order chi connectivity index (χ0) is 20.8. The van der Waals surface area contributed by atoms with Crippen LogP contribution in [-0.4, -0.2) is 30.2 Å². The van der Waals surface area contributed by atoms with Gasteiger partial charge in [-0.3, -0.25) is 4.90 Å². The van der Waals surface area contributed by atoms with Gasteiger partial charge >= 0.3 is 0 Å². The van der Waals surface area contributed by atoms with Gasteiger partial charge in [0.15, 0.2) is 0 Å². The molecule has 0 amide bonds. The van der Waals surface area contributed by atoms with Crippen molar-refractivity contribution in [2.45, 2.75) is 51.7 Å². The number of fused-ring (bicyclic) bond motifs is 3. The number of nitrogens with zero attached hydrogens (tertiary/aromatic N) is 2. The molecular formula is C25H29BrN2O2. The number of benzene rings is 2. The number of rotatable bonds is 4. The minimum Gasteiger partial charge on any atom is -0.496 e. The molecule has 5 rings (SSSR count). The lowest BCUT2D eigenvalue weighted by Crippen LogP contribution is -2.31. The van der Waals surface area contributed by atoms with Gasteiger partial charge < -0.3 is 14.0 Å². The van der Waals surface area contributed by atoms with Gasteiger partial charge in [-0.25, -0.2) is 0 Å². The van der Waals surface area contributed by atoms with Crippen molar-refractivity contribution >= 4 is 26.8 Å². The van der Waals surface area contributed by atoms with Gasteiger partial charge in [-0.05, 0) is 72.3 Å². The summed E-state index contributed by atoms with van der Waals surface area (Å²) in [6.07, 6.45) is 4.84. The lowest BCUT2D eigenvalue weighted by atomic mass is 9.90. The van der Waals surface area contributed by atoms with Crippen LogP contribution in [0.25, 0.3) is 10.9 Å². The zero-order valence-electron chi connectivity index (χ0n) is 18.0. The molecule has 0 N–H and O–H groups in total. The summed E-state index contributed by atoms with van der Waals surface area (Å²) in [7, 11) is 3.44. The number of methoxy groups -OCH3 is 2. The molecule has 0 unspecified atom stereocenters. The molecule has 4 nitrogen and oxygen atoms in total. The van der Waals surface area contributed by atoms with E-state index in [0.29, 0.717) is 6.04 Å². The molecule has 1 atom stereocenters. The molecule has 0 bridgehead atoms. The zero-order valence-corrected chi connectivity index (χ0v) is 19.6. The Labute approximate surface area is 186 Å². The van der Waals surface area contributed by atoms with E-state index in [0.717, 1.165) is 35.6 Å². The monoisotopic (exact) mass is 468 g/mol. The van der Waals surface area contributed by atoms with Crippen LogP contribution >= 0.6 is 15.9 Å². The summed E-state index contributed by atoms with van der Waals surface area (Å²) in [5.74, 6) is 1.70. The Morgan fingerprint density at radius 3 is 2.67 bits per heavy atom. The topological polar surface area (TPSA) is 26.6 Å². The maximum atomic E-state index is 5.72. The van der Waals surface area contributed by atoms with Crippen molar-refractivity contribution in [2.75, 3.05) is 20.8 Å². The van der Waals surface area contributed by atoms with Gasteiger partial charge in [0.25, 0.3) is 0 Å². The van der Waals surface area contributed by atoms with Gasteiger partial charge in [0.1, 0.15) is 11.5 Å². The highest BCUT2D eigenvalue weighted by atomic mass is 79.9. The van der Waals surface area contributed by atoms with Crippen LogP contribution < -0.4 is 9.47 Å². The first kappa shape index (κ1) is 20.0. The normalized spacial score (nSPS) is 18.9. The molecule has 2 heterocycles. The first-order valence-electron chi connectivity index (χ1n) is 10.9. The second kappa shape index (κ2) is 7.93. The Hall–Kier alpha value is -1.98. The summed E-state index contributed by atoms with van der Waals surface area (Å²) in [5.41, 5.74) is 7.12. The van der Waals surface area contributed by atoms with Crippen LogP contribution in [0.1, 0.15) is 47.7 Å². The Morgan fingerprint density at radius 2 is 1.87 bits per heavy atom. The van der Waals surface area contributed by atoms with Crippen LogP contribution in [0.15, 0.2) is 34.8 Å². The predicted molar refractivity (Wildman–Crippen MR) is 125 cm³/mol. The standard InChI is InChI=1S/C25H29BrN2O2/c1-16-8-9-21-19(12-16)18-6-4-7-22-25(18)28(21)11-5-10-27(22)15-17-13-20(26)24(30-3)14-23(17)29-2/h8-9,12-14,22H,4-7,10-11,15H2,1-3H3/t22-/m0/s1. The van der Waals surface area contributed by atoms with Crippen LogP contribution in [-0.2, 0) is 19.5 Å². The number of aryl methyl sites for hydroxylation is 3. The third-order valence-corrected chi connectivity index (χ3v) is 7.40. The molecule has 0 fully saturated rings. The maximum absolute atomic E-state index is 5.72. The Bertz CT molecular complexity index is 1100. The Morgan fingerprint density at radius 1 is 1.03 bits per heavy atom. The first-order chi connectivity index (χ1) is 14.6. The minimum absolute atomic E-state index is 0.467. The molecule has 2 aromatic carbocycles. The quantitative estimate of drug-likeness (QED) is 0.468. The van der Waals surface area contributed by atoms with Crippen molar-refractivity contribution in [3.63, 3.8) is 0 Å². The molecule has 1 aliphatic heterocycles. The van der Waals surface area contributed by atoms with Gasteiger partial charge in [-0.15, -0.1) is 0 Å². The van der Waals surface area contributed by atoms with Crippen LogP contribution in [0.3, 0.4) is 0 Å². The number of ether oxygens (including phenoxy) is 2. The van der Waals surface area contributed by atoms with Crippen LogP contribution in [0, 0.1) is 6.92 Å². The van der Waals surface area contributed by atoms with Gasteiger partial charge in [0.05, 0.1) is 24.7 Å². The number of aromatic nitrogens is 1. The van der Waals surface area contributed by atoms with E-state index in [1.807, 2.05) is 6.07 Å². The highest BCUT2D eigenvalue weighted by molar-refractivity contribution is 9.10. The Balaban J connectivity index is 1.57. The fourth-order valence-corrected chi connectivity index (χ4v) is 6.00. The average molecular weight is 469 g/mol. The lowest BCUT2D eigenvalue weighted by molar-refractivity contribution is 0.171. The molecule has 2 aliphatic rings. The van der Waals surface area contributed by atoms with Crippen molar-refractivity contribution in [1.82, 2.24) is 9.47 Å². The second-order valence-electron chi connectivity index (χ2n) is 8.57. The van der Waals surface area contributed by atoms with Gasteiger partial charge in [0, 0.05) is 47.9 Å². The molecule has 0 saturated carbocycles. The average Bonchev–Trinajstić information content (AvgIpc) is 2.94. The van der Waals surface area contributed by atoms with E-state index < -0.39 is 0 Å². The summed E-state index contributed by atoms with van der Waals surface area (Å²) >= 11 is 3.66. The summed E-state index contributed by atoms with van der Waals surface area (Å²) in [6.45, 7) is 5.29. The van der Waals surface area contributed by atoms with Crippen LogP contribution in [0.5, 0.6) is 11.5 Å². The van der Waals surface area contributed by atoms with Crippen molar-refractivity contribution < 1.29 is 9.47 Å². The van der Waals surface area contributed by atoms with E-state index >= 15 is 0 Å². The van der Waals surface area contributed by atoms with Crippen molar-refractivity contribution in [3.05, 3.63) is 57.2 Å². The molecule has 0 spiro atoms. The third-order valence-electron chi connectivity index (χ3n) is 6.78. The molecule has 30 heavy (non-hydrogen) atoms. The number of hydrogen-bond acceptors (Lipinski definition) is 3. The molecule has 3 aromatic rings. The maximum Gasteiger partial charge on any atom is 0.136 e. The minimum atomic E-state index is 0.467. The van der Waals surface area contributed by atoms with E-state index in [2.05, 4.69) is 56.6 Å². The molecule has 1 aliphatic carbocycles. The van der Waals surface area contributed by atoms with Crippen molar-refractivity contribution in [2.24, 2.45) is 0 Å². The predicted octanol–water partition coefficient (Wildman–Crippen LogP) is 6.01. The largest absolute Gasteiger partial charge is 0.496 e. The molecule has 158 valence electrons. The highest BCUT2D eigenvalue weighted by Crippen LogP contribution is 2.43. The fraction of sp³-hybridized carbons (Fsp3) is 0.440. The summed E-state index contributed by atoms with van der Waals surface area (Å²) in [6, 6.07) is 11.6. The first-order valence-corrected chi connectivity index (χ1v) is 11.7. The Kier molecular flexibility index (Phi) is 5.28. The smallest absolute Gasteiger partial charge is 0.136 e. The van der Waals surface area contributed by atoms with E-state index in [1.165, 1.54) is 47.7 Å². The van der Waals surface area contributed by atoms with Crippen molar-refractivity contribution in [3.8, 4) is 11.5 Å². The summed E-state index contributed by atoms with van der Waals surface area (Å²) < 4.78 is 14.8. The molecule has 0 radical (unpaired) electrons. The van der Waals surface area contributed by atoms with Crippen LogP contribution in [0.4, 0.5) is 0 Å². The van der Waals surface area contributed by atoms with Crippen molar-refractivity contribution in [1.29, 1.82) is 0 Å². The van der Waals surface area contributed by atoms with E-state index in [9.17, 15) is 0 Å². The number of hydrogen-bond donors (Lipinski definition) is 0. The van der Waals surface area contributed by atoms with E-state index in [4.69, 9.17) is 9.47 Å². The van der Waals surface area contributed by atoms with Gasteiger partial charge in [-0.1, -0.05) is 11.6 Å². The van der Waals surface area contributed by atoms with Gasteiger partial charge in [0.2, 0.25) is 0 Å². The summed E-state index contributed by atoms with van der Waals surface area (Å²) in [4.78, 5) is 2.67. The molecular weight excluding hydrogens is 440 g/mol. The fourth-order valence-electron chi connectivity index (χ4n) is 5.45. The van der Waals surface area contributed by atoms with Crippen LogP contribution in [0.2, 0.25) is 0 Å². The van der Waals surface area contributed by atoms with Gasteiger partial charge in [-0.2, -0.15) is 0 Å². The van der Waals surface area contributed by atoms with E-state index in [1.54, 1.807) is 25.5 Å². The molecule has 0 saturated heterocycles. The third kappa shape index (κ3) is 3.23. The van der Waals surface area contributed by atoms with E-state index in [-0.39, 0.29) is 0 Å². The highest BCUT2D eigenvalue weighted by Gasteiger charge is 2.33. The number of halogens is 1. The summed E-state index contributed by atoms with van der Waals surface area (Å²) in [5, 5.41) is 1.47. The lowest BCUT2D eigenvalue weighted by Gasteiger charge is -2.34. The molecule has 5 heteroatoms. The second-order valence-corrected chi connectivity index (χ2v) is 9.42.